The summed E-state index contributed by atoms with van der Waals surface area (Å²) in [5.74, 6) is -7.94. The van der Waals surface area contributed by atoms with Crippen molar-refractivity contribution in [3.05, 3.63) is 93.8 Å². The van der Waals surface area contributed by atoms with Crippen LogP contribution in [-0.4, -0.2) is 60.4 Å². The molecular weight excluding hydrogens is 612 g/mol. The van der Waals surface area contributed by atoms with Gasteiger partial charge in [0.05, 0.1) is 17.2 Å². The second kappa shape index (κ2) is 11.0. The molecule has 1 saturated carbocycles. The molecule has 0 aliphatic heterocycles. The molecule has 5 N–H and O–H groups in total. The molecule has 250 valence electrons. The summed E-state index contributed by atoms with van der Waals surface area (Å²) in [6.07, 6.45) is -1.79. The summed E-state index contributed by atoms with van der Waals surface area (Å²) in [7, 11) is 0. The van der Waals surface area contributed by atoms with Gasteiger partial charge < -0.3 is 25.5 Å². The zero-order valence-corrected chi connectivity index (χ0v) is 27.8. The molecule has 3 aromatic rings. The summed E-state index contributed by atoms with van der Waals surface area (Å²) in [5, 5.41) is 61.4. The zero-order valence-electron chi connectivity index (χ0n) is 27.8. The molecule has 1 unspecified atom stereocenters. The van der Waals surface area contributed by atoms with Gasteiger partial charge >= 0.3 is 0 Å². The maximum absolute atomic E-state index is 14.6. The van der Waals surface area contributed by atoms with Crippen molar-refractivity contribution in [3.8, 4) is 5.75 Å². The molecule has 3 aliphatic carbocycles. The van der Waals surface area contributed by atoms with E-state index in [0.29, 0.717) is 5.56 Å². The molecule has 0 radical (unpaired) electrons. The number of hydrogen-bond acceptors (Lipinski definition) is 9. The number of fused-ring (bicyclic) bond motifs is 4. The van der Waals surface area contributed by atoms with E-state index in [-0.39, 0.29) is 29.8 Å². The molecule has 6 atom stereocenters. The molecule has 9 nitrogen and oxygen atoms in total. The lowest BCUT2D eigenvalue weighted by molar-refractivity contribution is -0.215. The third-order valence-electron chi connectivity index (χ3n) is 11.6. The van der Waals surface area contributed by atoms with Gasteiger partial charge in [-0.05, 0) is 40.7 Å². The first-order valence-corrected chi connectivity index (χ1v) is 16.2. The number of phenolic OH excluding ortho intramolecular Hbond substituents is 1. The Morgan fingerprint density at radius 1 is 0.896 bits per heavy atom. The number of rotatable bonds is 6. The van der Waals surface area contributed by atoms with Crippen molar-refractivity contribution in [1.29, 1.82) is 0 Å². The van der Waals surface area contributed by atoms with E-state index in [1.165, 1.54) is 6.92 Å². The van der Waals surface area contributed by atoms with Crippen molar-refractivity contribution in [3.63, 3.8) is 0 Å². The maximum Gasteiger partial charge on any atom is 0.203 e. The van der Waals surface area contributed by atoms with E-state index in [2.05, 4.69) is 0 Å². The normalized spacial score (nSPS) is 30.0. The topological polar surface area (TPSA) is 169 Å². The Morgan fingerprint density at radius 2 is 1.52 bits per heavy atom. The number of Topliss-reactive ketones (excluding diaryl/α,β-unsaturated/α-hetero) is 4. The van der Waals surface area contributed by atoms with E-state index in [0.717, 1.165) is 23.3 Å². The number of carbonyl (C=O) groups is 4. The molecule has 3 aromatic carbocycles. The van der Waals surface area contributed by atoms with Crippen LogP contribution in [0.15, 0.2) is 71.5 Å². The molecule has 0 heterocycles. The minimum absolute atomic E-state index is 0.0928. The van der Waals surface area contributed by atoms with Crippen LogP contribution in [0.4, 0.5) is 0 Å². The Balaban J connectivity index is 1.49. The SMILES string of the molecule is CC(=O)C1=C(O)[C@]2(O)C(=O)C3=C(O)c4c(ccc(CC(=O)Cc5cccc6ccccc56)c4O)[C@@H](C)[C@]3(C)[C@@H](O)[C@]2(C)C(C(C)C)C1=O. The summed E-state index contributed by atoms with van der Waals surface area (Å²) in [4.78, 5) is 54.4. The van der Waals surface area contributed by atoms with Gasteiger partial charge in [0.1, 0.15) is 28.6 Å². The van der Waals surface area contributed by atoms with Crippen LogP contribution < -0.4 is 0 Å². The molecule has 0 aromatic heterocycles. The smallest absolute Gasteiger partial charge is 0.203 e. The number of phenols is 1. The first kappa shape index (κ1) is 33.3. The predicted molar refractivity (Wildman–Crippen MR) is 178 cm³/mol. The highest BCUT2D eigenvalue weighted by molar-refractivity contribution is 6.24. The van der Waals surface area contributed by atoms with Crippen LogP contribution in [0.2, 0.25) is 0 Å². The van der Waals surface area contributed by atoms with Gasteiger partial charge in [-0.2, -0.15) is 0 Å². The number of carbonyl (C=O) groups excluding carboxylic acids is 4. The van der Waals surface area contributed by atoms with Gasteiger partial charge in [0.2, 0.25) is 5.78 Å². The molecule has 0 spiro atoms. The van der Waals surface area contributed by atoms with E-state index >= 15 is 0 Å². The first-order chi connectivity index (χ1) is 22.4. The van der Waals surface area contributed by atoms with E-state index < -0.39 is 86.1 Å². The minimum Gasteiger partial charge on any atom is -0.508 e. The van der Waals surface area contributed by atoms with Crippen molar-refractivity contribution >= 4 is 39.7 Å². The average molecular weight is 653 g/mol. The summed E-state index contributed by atoms with van der Waals surface area (Å²) in [5.41, 5.74) is -6.47. The molecule has 3 aliphatic rings. The van der Waals surface area contributed by atoms with Crippen LogP contribution in [0, 0.1) is 22.7 Å². The van der Waals surface area contributed by atoms with Crippen LogP contribution in [0.25, 0.3) is 16.5 Å². The predicted octanol–water partition coefficient (Wildman–Crippen LogP) is 5.23. The van der Waals surface area contributed by atoms with Gasteiger partial charge in [-0.3, -0.25) is 19.2 Å². The summed E-state index contributed by atoms with van der Waals surface area (Å²) in [6, 6.07) is 16.6. The van der Waals surface area contributed by atoms with Crippen molar-refractivity contribution in [2.75, 3.05) is 0 Å². The number of allylic oxidation sites excluding steroid dienone is 1. The Bertz CT molecular complexity index is 2010. The third-order valence-corrected chi connectivity index (χ3v) is 11.6. The lowest BCUT2D eigenvalue weighted by Crippen LogP contribution is -2.75. The second-order valence-corrected chi connectivity index (χ2v) is 14.4. The van der Waals surface area contributed by atoms with Crippen molar-refractivity contribution in [1.82, 2.24) is 0 Å². The summed E-state index contributed by atoms with van der Waals surface area (Å²) >= 11 is 0. The van der Waals surface area contributed by atoms with Crippen LogP contribution >= 0.6 is 0 Å². The third kappa shape index (κ3) is 4.10. The van der Waals surface area contributed by atoms with E-state index in [1.54, 1.807) is 39.8 Å². The lowest BCUT2D eigenvalue weighted by atomic mass is 9.40. The maximum atomic E-state index is 14.6. The monoisotopic (exact) mass is 652 g/mol. The molecule has 48 heavy (non-hydrogen) atoms. The summed E-state index contributed by atoms with van der Waals surface area (Å²) in [6.45, 7) is 8.97. The Labute approximate surface area is 278 Å². The number of hydrogen-bond donors (Lipinski definition) is 5. The number of aromatic hydroxyl groups is 1. The number of benzene rings is 3. The van der Waals surface area contributed by atoms with Gasteiger partial charge in [0.25, 0.3) is 0 Å². The van der Waals surface area contributed by atoms with Crippen LogP contribution in [0.5, 0.6) is 5.75 Å². The fourth-order valence-electron chi connectivity index (χ4n) is 9.05. The molecule has 0 amide bonds. The van der Waals surface area contributed by atoms with Crippen LogP contribution in [-0.2, 0) is 32.0 Å². The molecule has 6 rings (SSSR count). The second-order valence-electron chi connectivity index (χ2n) is 14.4. The van der Waals surface area contributed by atoms with Gasteiger partial charge in [-0.15, -0.1) is 0 Å². The number of ketones is 4. The summed E-state index contributed by atoms with van der Waals surface area (Å²) < 4.78 is 0. The van der Waals surface area contributed by atoms with Crippen LogP contribution in [0.3, 0.4) is 0 Å². The van der Waals surface area contributed by atoms with Crippen molar-refractivity contribution in [2.45, 2.75) is 72.0 Å². The van der Waals surface area contributed by atoms with Crippen molar-refractivity contribution < 1.29 is 44.7 Å². The highest BCUT2D eigenvalue weighted by Crippen LogP contribution is 2.67. The number of aliphatic hydroxyl groups excluding tert-OH is 3. The van der Waals surface area contributed by atoms with Crippen molar-refractivity contribution in [2.24, 2.45) is 22.7 Å². The van der Waals surface area contributed by atoms with E-state index in [4.69, 9.17) is 0 Å². The standard InChI is InChI=1S/C39H40O9/c1-18(2)29-32(43)27(20(4)40)34(45)39(48)35(46)30-33(44)28-25(19(3)37(30,5)36(47)38(29,39)6)15-14-23(31(28)42)17-24(41)16-22-12-9-11-21-10-7-8-13-26(21)22/h7-15,18-19,29,36,42,44-45,47-48H,16-17H2,1-6H3/t19-,29?,36-,37+,38+,39+/m1/s1. The Hall–Kier alpha value is -4.60. The van der Waals surface area contributed by atoms with E-state index in [1.807, 2.05) is 42.5 Å². The van der Waals surface area contributed by atoms with Gasteiger partial charge in [0.15, 0.2) is 17.2 Å². The fraction of sp³-hybridized carbons (Fsp3) is 0.385. The largest absolute Gasteiger partial charge is 0.508 e. The van der Waals surface area contributed by atoms with Gasteiger partial charge in [-0.25, -0.2) is 0 Å². The first-order valence-electron chi connectivity index (χ1n) is 16.2. The molecular formula is C39H40O9. The zero-order chi connectivity index (χ0) is 35.2. The number of aliphatic hydroxyl groups is 4. The molecule has 0 saturated heterocycles. The van der Waals surface area contributed by atoms with Crippen LogP contribution in [0.1, 0.15) is 69.7 Å². The molecule has 9 heteroatoms. The highest BCUT2D eigenvalue weighted by atomic mass is 16.4. The average Bonchev–Trinajstić information content (AvgIpc) is 3.02. The fourth-order valence-corrected chi connectivity index (χ4v) is 9.05. The van der Waals surface area contributed by atoms with E-state index in [9.17, 15) is 44.7 Å². The molecule has 1 fully saturated rings. The Morgan fingerprint density at radius 3 is 2.17 bits per heavy atom. The quantitative estimate of drug-likeness (QED) is 0.224. The Kier molecular flexibility index (Phi) is 7.61. The highest BCUT2D eigenvalue weighted by Gasteiger charge is 2.77. The van der Waals surface area contributed by atoms with Gasteiger partial charge in [-0.1, -0.05) is 89.2 Å². The van der Waals surface area contributed by atoms with Gasteiger partial charge in [0, 0.05) is 35.2 Å². The lowest BCUT2D eigenvalue weighted by Gasteiger charge is -2.63. The minimum atomic E-state index is -2.96. The molecule has 0 bridgehead atoms.